The summed E-state index contributed by atoms with van der Waals surface area (Å²) in [5.41, 5.74) is 0. The van der Waals surface area contributed by atoms with Crippen LogP contribution in [0.4, 0.5) is 0 Å². The molecule has 3 nitrogen and oxygen atoms in total. The molecule has 1 aliphatic carbocycles. The van der Waals surface area contributed by atoms with Gasteiger partial charge in [-0.1, -0.05) is 12.2 Å². The van der Waals surface area contributed by atoms with E-state index in [2.05, 4.69) is 54.1 Å². The Morgan fingerprint density at radius 1 is 1.46 bits per heavy atom. The first kappa shape index (κ1) is 9.40. The molecule has 0 aromatic carbocycles. The lowest BCUT2D eigenvalue weighted by Gasteiger charge is -2.16. The van der Waals surface area contributed by atoms with Gasteiger partial charge in [-0.2, -0.15) is 4.98 Å². The van der Waals surface area contributed by atoms with Crippen molar-refractivity contribution in [2.24, 2.45) is 0 Å². The molecule has 5 heteroatoms. The van der Waals surface area contributed by atoms with Crippen LogP contribution in [0.1, 0.15) is 25.3 Å². The molecule has 1 aromatic rings. The Kier molecular flexibility index (Phi) is 2.83. The van der Waals surface area contributed by atoms with Gasteiger partial charge in [-0.25, -0.2) is 4.68 Å². The van der Waals surface area contributed by atoms with Crippen molar-refractivity contribution in [1.29, 1.82) is 0 Å². The number of hydrogen-bond acceptors (Lipinski definition) is 2. The van der Waals surface area contributed by atoms with E-state index >= 15 is 0 Å². The second kappa shape index (κ2) is 3.92. The minimum Gasteiger partial charge on any atom is -0.232 e. The first-order chi connectivity index (χ1) is 6.27. The van der Waals surface area contributed by atoms with Gasteiger partial charge in [0.15, 0.2) is 4.73 Å². The van der Waals surface area contributed by atoms with Gasteiger partial charge in [-0.05, 0) is 51.1 Å². The van der Waals surface area contributed by atoms with Gasteiger partial charge in [0.1, 0.15) is 0 Å². The number of allylic oxidation sites excluding steroid dienone is 2. The van der Waals surface area contributed by atoms with Gasteiger partial charge in [0.25, 0.3) is 0 Å². The topological polar surface area (TPSA) is 30.7 Å². The van der Waals surface area contributed by atoms with Crippen molar-refractivity contribution in [3.05, 3.63) is 21.6 Å². The van der Waals surface area contributed by atoms with Crippen LogP contribution in [0.15, 0.2) is 21.6 Å². The Balaban J connectivity index is 2.28. The summed E-state index contributed by atoms with van der Waals surface area (Å²) < 4.78 is 3.33. The second-order valence-corrected chi connectivity index (χ2v) is 4.44. The van der Waals surface area contributed by atoms with Gasteiger partial charge in [-0.3, -0.25) is 0 Å². The number of aromatic nitrogens is 3. The van der Waals surface area contributed by atoms with Gasteiger partial charge in [0.2, 0.25) is 4.73 Å². The third-order valence-electron chi connectivity index (χ3n) is 2.11. The van der Waals surface area contributed by atoms with E-state index in [0.29, 0.717) is 10.8 Å². The summed E-state index contributed by atoms with van der Waals surface area (Å²) in [6.07, 6.45) is 7.95. The van der Waals surface area contributed by atoms with Crippen molar-refractivity contribution < 1.29 is 0 Å². The SMILES string of the molecule is Brc1nc(Br)n(C2C=CCCC2)n1. The summed E-state index contributed by atoms with van der Waals surface area (Å²) in [6, 6.07) is 0.363. The van der Waals surface area contributed by atoms with Crippen LogP contribution in [0.5, 0.6) is 0 Å². The monoisotopic (exact) mass is 305 g/mol. The fraction of sp³-hybridized carbons (Fsp3) is 0.500. The van der Waals surface area contributed by atoms with Crippen LogP contribution in [-0.2, 0) is 0 Å². The van der Waals surface area contributed by atoms with Gasteiger partial charge in [0.05, 0.1) is 6.04 Å². The number of halogens is 2. The molecular formula is C8H9Br2N3. The molecule has 0 spiro atoms. The van der Waals surface area contributed by atoms with Crippen LogP contribution in [0, 0.1) is 0 Å². The Hall–Kier alpha value is -0.160. The lowest BCUT2D eigenvalue weighted by molar-refractivity contribution is 0.464. The van der Waals surface area contributed by atoms with Gasteiger partial charge >= 0.3 is 0 Å². The van der Waals surface area contributed by atoms with E-state index in [1.54, 1.807) is 0 Å². The highest BCUT2D eigenvalue weighted by Crippen LogP contribution is 2.25. The number of hydrogen-bond donors (Lipinski definition) is 0. The Labute approximate surface area is 93.5 Å². The maximum absolute atomic E-state index is 4.26. The summed E-state index contributed by atoms with van der Waals surface area (Å²) in [5, 5.41) is 4.26. The summed E-state index contributed by atoms with van der Waals surface area (Å²) in [7, 11) is 0. The lowest BCUT2D eigenvalue weighted by Crippen LogP contribution is -2.10. The minimum atomic E-state index is 0.363. The molecule has 0 amide bonds. The summed E-state index contributed by atoms with van der Waals surface area (Å²) >= 11 is 6.63. The maximum Gasteiger partial charge on any atom is 0.218 e. The standard InChI is InChI=1S/C8H9Br2N3/c9-7-11-8(10)13(12-7)6-4-2-1-3-5-6/h2,4,6H,1,3,5H2. The Morgan fingerprint density at radius 2 is 2.31 bits per heavy atom. The van der Waals surface area contributed by atoms with Crippen LogP contribution >= 0.6 is 31.9 Å². The highest BCUT2D eigenvalue weighted by molar-refractivity contribution is 9.11. The van der Waals surface area contributed by atoms with Crippen molar-refractivity contribution in [3.63, 3.8) is 0 Å². The Morgan fingerprint density at radius 3 is 2.85 bits per heavy atom. The molecule has 0 bridgehead atoms. The fourth-order valence-corrected chi connectivity index (χ4v) is 2.58. The van der Waals surface area contributed by atoms with Crippen molar-refractivity contribution in [3.8, 4) is 0 Å². The van der Waals surface area contributed by atoms with Crippen LogP contribution in [0.25, 0.3) is 0 Å². The van der Waals surface area contributed by atoms with Crippen LogP contribution < -0.4 is 0 Å². The lowest BCUT2D eigenvalue weighted by atomic mass is 10.0. The van der Waals surface area contributed by atoms with Crippen molar-refractivity contribution >= 4 is 31.9 Å². The Bertz CT molecular complexity index is 332. The van der Waals surface area contributed by atoms with Crippen LogP contribution in [0.3, 0.4) is 0 Å². The molecule has 0 N–H and O–H groups in total. The third kappa shape index (κ3) is 2.02. The first-order valence-corrected chi connectivity index (χ1v) is 5.80. The fourth-order valence-electron chi connectivity index (χ4n) is 1.49. The molecule has 1 atom stereocenters. The quantitative estimate of drug-likeness (QED) is 0.747. The van der Waals surface area contributed by atoms with Gasteiger partial charge in [-0.15, -0.1) is 5.10 Å². The molecule has 0 fully saturated rings. The molecule has 0 saturated heterocycles. The van der Waals surface area contributed by atoms with E-state index in [9.17, 15) is 0 Å². The highest BCUT2D eigenvalue weighted by atomic mass is 79.9. The molecule has 1 heterocycles. The van der Waals surface area contributed by atoms with E-state index < -0.39 is 0 Å². The maximum atomic E-state index is 4.26. The molecular weight excluding hydrogens is 298 g/mol. The average Bonchev–Trinajstić information content (AvgIpc) is 2.47. The minimum absolute atomic E-state index is 0.363. The molecule has 70 valence electrons. The van der Waals surface area contributed by atoms with E-state index in [1.165, 1.54) is 12.8 Å². The average molecular weight is 307 g/mol. The summed E-state index contributed by atoms with van der Waals surface area (Å²) in [5.74, 6) is 0. The molecule has 0 radical (unpaired) electrons. The van der Waals surface area contributed by atoms with Gasteiger partial charge < -0.3 is 0 Å². The smallest absolute Gasteiger partial charge is 0.218 e. The summed E-state index contributed by atoms with van der Waals surface area (Å²) in [6.45, 7) is 0. The van der Waals surface area contributed by atoms with E-state index in [1.807, 2.05) is 4.68 Å². The second-order valence-electron chi connectivity index (χ2n) is 3.02. The third-order valence-corrected chi connectivity index (χ3v) is 2.98. The zero-order valence-corrected chi connectivity index (χ0v) is 10.1. The normalized spacial score (nSPS) is 22.2. The number of nitrogens with zero attached hydrogens (tertiary/aromatic N) is 3. The highest BCUT2D eigenvalue weighted by Gasteiger charge is 2.15. The zero-order valence-electron chi connectivity index (χ0n) is 6.95. The number of rotatable bonds is 1. The predicted molar refractivity (Wildman–Crippen MR) is 57.5 cm³/mol. The molecule has 13 heavy (non-hydrogen) atoms. The van der Waals surface area contributed by atoms with Crippen molar-refractivity contribution in [2.75, 3.05) is 0 Å². The molecule has 1 aliphatic rings. The van der Waals surface area contributed by atoms with E-state index in [-0.39, 0.29) is 0 Å². The summed E-state index contributed by atoms with van der Waals surface area (Å²) in [4.78, 5) is 4.14. The predicted octanol–water partition coefficient (Wildman–Crippen LogP) is 3.08. The first-order valence-electron chi connectivity index (χ1n) is 4.21. The largest absolute Gasteiger partial charge is 0.232 e. The van der Waals surface area contributed by atoms with Crippen LogP contribution in [-0.4, -0.2) is 14.8 Å². The van der Waals surface area contributed by atoms with E-state index in [0.717, 1.165) is 11.2 Å². The van der Waals surface area contributed by atoms with Gasteiger partial charge in [0, 0.05) is 0 Å². The van der Waals surface area contributed by atoms with Crippen molar-refractivity contribution in [1.82, 2.24) is 14.8 Å². The molecule has 0 aliphatic heterocycles. The van der Waals surface area contributed by atoms with Crippen molar-refractivity contribution in [2.45, 2.75) is 25.3 Å². The van der Waals surface area contributed by atoms with E-state index in [4.69, 9.17) is 0 Å². The molecule has 0 saturated carbocycles. The molecule has 2 rings (SSSR count). The molecule has 1 unspecified atom stereocenters. The van der Waals surface area contributed by atoms with Crippen LogP contribution in [0.2, 0.25) is 0 Å². The molecule has 1 aromatic heterocycles. The zero-order chi connectivity index (χ0) is 9.26.